The molecule has 1 heterocycles. The Morgan fingerprint density at radius 3 is 2.64 bits per heavy atom. The summed E-state index contributed by atoms with van der Waals surface area (Å²) in [6.45, 7) is 5.08. The van der Waals surface area contributed by atoms with Gasteiger partial charge in [-0.1, -0.05) is 29.5 Å². The Morgan fingerprint density at radius 1 is 1.57 bits per heavy atom. The van der Waals surface area contributed by atoms with Gasteiger partial charge in [0.1, 0.15) is 6.10 Å². The van der Waals surface area contributed by atoms with Crippen molar-refractivity contribution in [3.05, 3.63) is 0 Å². The Balaban J connectivity index is 2.27. The smallest absolute Gasteiger partial charge is 0.105 e. The molecule has 0 aromatic rings. The number of rotatable bonds is 4. The molecule has 1 aliphatic rings. The van der Waals surface area contributed by atoms with E-state index in [1.807, 2.05) is 0 Å². The summed E-state index contributed by atoms with van der Waals surface area (Å²) in [4.78, 5) is 2.27. The number of likely N-dealkylation sites (tertiary alicyclic amines) is 1. The van der Waals surface area contributed by atoms with E-state index in [0.717, 1.165) is 19.0 Å². The van der Waals surface area contributed by atoms with E-state index in [-0.39, 0.29) is 0 Å². The summed E-state index contributed by atoms with van der Waals surface area (Å²) < 4.78 is 0.628. The van der Waals surface area contributed by atoms with Gasteiger partial charge in [0.15, 0.2) is 0 Å². The van der Waals surface area contributed by atoms with Crippen LogP contribution < -0.4 is 0 Å². The number of aliphatic hydroxyl groups excluding tert-OH is 1. The van der Waals surface area contributed by atoms with Gasteiger partial charge < -0.3 is 15.4 Å². The molecule has 1 fully saturated rings. The highest BCUT2D eigenvalue weighted by molar-refractivity contribution is 14.1. The molecule has 0 aliphatic carbocycles. The molecule has 2 N–H and O–H groups in total. The van der Waals surface area contributed by atoms with Crippen molar-refractivity contribution in [2.45, 2.75) is 25.9 Å². The van der Waals surface area contributed by atoms with Gasteiger partial charge >= 0.3 is 0 Å². The molecule has 0 radical (unpaired) electrons. The fourth-order valence-corrected chi connectivity index (χ4v) is 2.20. The lowest BCUT2D eigenvalue weighted by Gasteiger charge is -2.31. The van der Waals surface area contributed by atoms with E-state index in [1.165, 1.54) is 12.8 Å². The highest BCUT2D eigenvalue weighted by atomic mass is 127. The number of aliphatic hydroxyl groups is 1. The molecular weight excluding hydrogens is 291 g/mol. The Kier molecular flexibility index (Phi) is 5.33. The summed E-state index contributed by atoms with van der Waals surface area (Å²) in [5.41, 5.74) is 0.448. The largest absolute Gasteiger partial charge is 0.386 e. The molecule has 1 rings (SSSR count). The Morgan fingerprint density at radius 2 is 2.14 bits per heavy atom. The minimum Gasteiger partial charge on any atom is -0.386 e. The normalized spacial score (nSPS) is 22.2. The molecule has 0 bridgehead atoms. The zero-order chi connectivity index (χ0) is 10.6. The van der Waals surface area contributed by atoms with Gasteiger partial charge in [0.05, 0.1) is 0 Å². The molecule has 1 aliphatic heterocycles. The zero-order valence-electron chi connectivity index (χ0n) is 8.67. The van der Waals surface area contributed by atoms with E-state index in [9.17, 15) is 5.11 Å². The van der Waals surface area contributed by atoms with Crippen molar-refractivity contribution in [3.63, 3.8) is 0 Å². The summed E-state index contributed by atoms with van der Waals surface area (Å²) in [5, 5.41) is 17.2. The first-order valence-corrected chi connectivity index (χ1v) is 6.69. The highest BCUT2D eigenvalue weighted by Gasteiger charge is 2.19. The van der Waals surface area contributed by atoms with Gasteiger partial charge in [-0.15, -0.1) is 0 Å². The van der Waals surface area contributed by atoms with Crippen LogP contribution in [-0.4, -0.2) is 45.9 Å². The van der Waals surface area contributed by atoms with E-state index in [0.29, 0.717) is 16.7 Å². The van der Waals surface area contributed by atoms with Crippen LogP contribution in [0.5, 0.6) is 0 Å². The summed E-state index contributed by atoms with van der Waals surface area (Å²) >= 11 is 2.12. The summed E-state index contributed by atoms with van der Waals surface area (Å²) in [5.74, 6) is 0.826. The first-order valence-electron chi connectivity index (χ1n) is 5.17. The summed E-state index contributed by atoms with van der Waals surface area (Å²) in [7, 11) is 0. The predicted octanol–water partition coefficient (Wildman–Crippen LogP) is 1.53. The van der Waals surface area contributed by atoms with Gasteiger partial charge in [0, 0.05) is 16.7 Å². The molecule has 1 atom stereocenters. The molecule has 0 saturated carbocycles. The zero-order valence-corrected chi connectivity index (χ0v) is 10.8. The second kappa shape index (κ2) is 6.02. The molecule has 3 nitrogen and oxygen atoms in total. The third kappa shape index (κ3) is 3.82. The van der Waals surface area contributed by atoms with E-state index < -0.39 is 6.10 Å². The average Bonchev–Trinajstić information content (AvgIpc) is 2.20. The molecule has 0 spiro atoms. The first-order chi connectivity index (χ1) is 6.63. The van der Waals surface area contributed by atoms with Crippen LogP contribution >= 0.6 is 22.6 Å². The van der Waals surface area contributed by atoms with Crippen LogP contribution in [-0.2, 0) is 0 Å². The third-order valence-corrected chi connectivity index (χ3v) is 3.68. The van der Waals surface area contributed by atoms with Gasteiger partial charge in [-0.05, 0) is 31.8 Å². The summed E-state index contributed by atoms with van der Waals surface area (Å²) in [6.07, 6.45) is 1.90. The van der Waals surface area contributed by atoms with Crippen LogP contribution in [0.15, 0.2) is 0 Å². The van der Waals surface area contributed by atoms with E-state index in [4.69, 9.17) is 5.41 Å². The molecule has 0 aromatic heterocycles. The van der Waals surface area contributed by atoms with Crippen molar-refractivity contribution in [2.24, 2.45) is 5.92 Å². The highest BCUT2D eigenvalue weighted by Crippen LogP contribution is 2.16. The van der Waals surface area contributed by atoms with Crippen LogP contribution in [0, 0.1) is 11.3 Å². The number of nitrogens with zero attached hydrogens (tertiary/aromatic N) is 1. The van der Waals surface area contributed by atoms with Crippen LogP contribution in [0.4, 0.5) is 0 Å². The Hall–Kier alpha value is 0.320. The van der Waals surface area contributed by atoms with Crippen molar-refractivity contribution in [1.29, 1.82) is 5.41 Å². The maximum absolute atomic E-state index is 9.66. The number of hydrogen-bond donors (Lipinski definition) is 2. The molecule has 1 saturated heterocycles. The van der Waals surface area contributed by atoms with Crippen LogP contribution in [0.1, 0.15) is 19.8 Å². The number of β-amino-alcohol motifs (C(OH)–C–C–N with tert-alkyl or cyclic N) is 1. The SMILES string of the molecule is CC1CCN(CC(O)C(=N)CI)CC1. The average molecular weight is 310 g/mol. The fourth-order valence-electron chi connectivity index (χ4n) is 1.69. The number of alkyl halides is 1. The van der Waals surface area contributed by atoms with Crippen molar-refractivity contribution >= 4 is 28.3 Å². The standard InChI is InChI=1S/C10H19IN2O/c1-8-2-4-13(5-3-8)7-10(14)9(12)6-11/h8,10,12,14H,2-7H2,1H3. The number of nitrogens with one attached hydrogen (secondary N) is 1. The van der Waals surface area contributed by atoms with Crippen LogP contribution in [0.25, 0.3) is 0 Å². The molecule has 82 valence electrons. The maximum atomic E-state index is 9.66. The molecule has 14 heavy (non-hydrogen) atoms. The number of hydrogen-bond acceptors (Lipinski definition) is 3. The van der Waals surface area contributed by atoms with Crippen molar-refractivity contribution < 1.29 is 5.11 Å². The lowest BCUT2D eigenvalue weighted by atomic mass is 9.99. The number of piperidine rings is 1. The molecule has 0 aromatic carbocycles. The van der Waals surface area contributed by atoms with Gasteiger partial charge in [-0.3, -0.25) is 0 Å². The molecule has 1 unspecified atom stereocenters. The second-order valence-electron chi connectivity index (χ2n) is 4.16. The lowest BCUT2D eigenvalue weighted by Crippen LogP contribution is -2.41. The van der Waals surface area contributed by atoms with Crippen molar-refractivity contribution in [1.82, 2.24) is 4.90 Å². The first kappa shape index (κ1) is 12.4. The van der Waals surface area contributed by atoms with Crippen LogP contribution in [0.2, 0.25) is 0 Å². The quantitative estimate of drug-likeness (QED) is 0.470. The minimum atomic E-state index is -0.555. The topological polar surface area (TPSA) is 47.3 Å². The molecule has 4 heteroatoms. The summed E-state index contributed by atoms with van der Waals surface area (Å²) in [6, 6.07) is 0. The Labute approximate surface area is 99.5 Å². The predicted molar refractivity (Wildman–Crippen MR) is 67.5 cm³/mol. The molecule has 0 amide bonds. The van der Waals surface area contributed by atoms with E-state index >= 15 is 0 Å². The Bertz CT molecular complexity index is 191. The van der Waals surface area contributed by atoms with Gasteiger partial charge in [0.2, 0.25) is 0 Å². The van der Waals surface area contributed by atoms with Gasteiger partial charge in [-0.2, -0.15) is 0 Å². The minimum absolute atomic E-state index is 0.448. The van der Waals surface area contributed by atoms with Crippen LogP contribution in [0.3, 0.4) is 0 Å². The molecular formula is C10H19IN2O. The monoisotopic (exact) mass is 310 g/mol. The second-order valence-corrected chi connectivity index (χ2v) is 4.92. The van der Waals surface area contributed by atoms with E-state index in [2.05, 4.69) is 34.4 Å². The van der Waals surface area contributed by atoms with Gasteiger partial charge in [-0.25, -0.2) is 0 Å². The van der Waals surface area contributed by atoms with Gasteiger partial charge in [0.25, 0.3) is 0 Å². The van der Waals surface area contributed by atoms with Crippen molar-refractivity contribution in [2.75, 3.05) is 24.1 Å². The van der Waals surface area contributed by atoms with E-state index in [1.54, 1.807) is 0 Å². The fraction of sp³-hybridized carbons (Fsp3) is 0.900. The number of halogens is 1. The lowest BCUT2D eigenvalue weighted by molar-refractivity contribution is 0.127. The maximum Gasteiger partial charge on any atom is 0.105 e. The van der Waals surface area contributed by atoms with Crippen molar-refractivity contribution in [3.8, 4) is 0 Å². The third-order valence-electron chi connectivity index (χ3n) is 2.85.